The molecule has 1 N–H and O–H groups in total. The molecule has 0 aromatic heterocycles. The number of hydrogen-bond acceptors (Lipinski definition) is 3. The van der Waals surface area contributed by atoms with E-state index in [1.54, 1.807) is 30.3 Å². The molecule has 0 saturated heterocycles. The van der Waals surface area contributed by atoms with E-state index in [1.165, 1.54) is 0 Å². The summed E-state index contributed by atoms with van der Waals surface area (Å²) in [4.78, 5) is 22.4. The summed E-state index contributed by atoms with van der Waals surface area (Å²) < 4.78 is 42.0. The van der Waals surface area contributed by atoms with Crippen LogP contribution in [0.4, 0.5) is 13.2 Å². The zero-order chi connectivity index (χ0) is 15.9. The number of alkyl halides is 3. The van der Waals surface area contributed by atoms with Crippen molar-refractivity contribution < 1.29 is 32.6 Å². The lowest BCUT2D eigenvalue weighted by atomic mass is 10.3. The summed E-state index contributed by atoms with van der Waals surface area (Å²) in [6, 6.07) is 8.44. The summed E-state index contributed by atoms with van der Waals surface area (Å²) in [5.41, 5.74) is 0. The van der Waals surface area contributed by atoms with Crippen molar-refractivity contribution >= 4 is 11.9 Å². The van der Waals surface area contributed by atoms with Gasteiger partial charge in [-0.25, -0.2) is 0 Å². The van der Waals surface area contributed by atoms with E-state index in [2.05, 4.69) is 0 Å². The van der Waals surface area contributed by atoms with Crippen molar-refractivity contribution in [1.29, 1.82) is 0 Å². The van der Waals surface area contributed by atoms with Gasteiger partial charge in [0.15, 0.2) is 0 Å². The van der Waals surface area contributed by atoms with Gasteiger partial charge in [0.2, 0.25) is 5.91 Å². The maximum Gasteiger partial charge on any atom is 0.406 e. The second kappa shape index (κ2) is 7.51. The molecule has 1 aromatic carbocycles. The van der Waals surface area contributed by atoms with Gasteiger partial charge in [-0.1, -0.05) is 18.2 Å². The van der Waals surface area contributed by atoms with Crippen LogP contribution in [0.25, 0.3) is 0 Å². The number of benzene rings is 1. The van der Waals surface area contributed by atoms with Crippen molar-refractivity contribution in [1.82, 2.24) is 4.90 Å². The molecule has 0 bridgehead atoms. The summed E-state index contributed by atoms with van der Waals surface area (Å²) in [5, 5.41) is 8.54. The number of para-hydroxylation sites is 1. The Bertz CT molecular complexity index is 476. The second-order valence-corrected chi connectivity index (χ2v) is 4.17. The monoisotopic (exact) mass is 305 g/mol. The van der Waals surface area contributed by atoms with E-state index in [1.807, 2.05) is 0 Å². The van der Waals surface area contributed by atoms with Crippen LogP contribution in [0.3, 0.4) is 0 Å². The van der Waals surface area contributed by atoms with Crippen LogP contribution in [0, 0.1) is 0 Å². The Morgan fingerprint density at radius 3 is 2.33 bits per heavy atom. The van der Waals surface area contributed by atoms with E-state index < -0.39 is 31.1 Å². The average molecular weight is 305 g/mol. The third-order valence-corrected chi connectivity index (χ3v) is 2.38. The van der Waals surface area contributed by atoms with Gasteiger partial charge in [0.05, 0.1) is 13.0 Å². The fourth-order valence-corrected chi connectivity index (χ4v) is 1.54. The number of carbonyl (C=O) groups excluding carboxylic acids is 1. The van der Waals surface area contributed by atoms with E-state index in [0.717, 1.165) is 0 Å². The predicted molar refractivity (Wildman–Crippen MR) is 66.8 cm³/mol. The van der Waals surface area contributed by atoms with Crippen LogP contribution in [-0.4, -0.2) is 47.8 Å². The van der Waals surface area contributed by atoms with Crippen molar-refractivity contribution in [3.63, 3.8) is 0 Å². The number of nitrogens with zero attached hydrogens (tertiary/aromatic N) is 1. The summed E-state index contributed by atoms with van der Waals surface area (Å²) >= 11 is 0. The molecule has 116 valence electrons. The first-order valence-corrected chi connectivity index (χ1v) is 6.02. The number of aliphatic carboxylic acids is 1. The first-order chi connectivity index (χ1) is 9.78. The van der Waals surface area contributed by atoms with Gasteiger partial charge in [-0.05, 0) is 12.1 Å². The Kier molecular flexibility index (Phi) is 6.01. The Morgan fingerprint density at radius 2 is 1.81 bits per heavy atom. The molecule has 8 heteroatoms. The van der Waals surface area contributed by atoms with E-state index in [0.29, 0.717) is 5.75 Å². The van der Waals surface area contributed by atoms with Gasteiger partial charge in [-0.3, -0.25) is 9.59 Å². The third kappa shape index (κ3) is 7.19. The van der Waals surface area contributed by atoms with Gasteiger partial charge >= 0.3 is 12.1 Å². The molecular formula is C13H14F3NO4. The molecule has 1 amide bonds. The smallest absolute Gasteiger partial charge is 0.406 e. The summed E-state index contributed by atoms with van der Waals surface area (Å²) in [6.07, 6.45) is -4.98. The number of carboxylic acid groups (broad SMARTS) is 1. The molecule has 0 spiro atoms. The lowest BCUT2D eigenvalue weighted by Gasteiger charge is -2.22. The summed E-state index contributed by atoms with van der Waals surface area (Å²) in [6.45, 7) is -2.72. The van der Waals surface area contributed by atoms with Crippen molar-refractivity contribution in [3.8, 4) is 5.75 Å². The minimum absolute atomic E-state index is 0.128. The number of hydrogen-bond donors (Lipinski definition) is 1. The molecule has 0 fully saturated rings. The van der Waals surface area contributed by atoms with Crippen molar-refractivity contribution in [2.24, 2.45) is 0 Å². The molecule has 0 saturated carbocycles. The van der Waals surface area contributed by atoms with E-state index in [9.17, 15) is 22.8 Å². The van der Waals surface area contributed by atoms with Gasteiger partial charge in [0, 0.05) is 0 Å². The quantitative estimate of drug-likeness (QED) is 0.836. The van der Waals surface area contributed by atoms with E-state index in [-0.39, 0.29) is 17.9 Å². The second-order valence-electron chi connectivity index (χ2n) is 4.17. The molecule has 1 rings (SSSR count). The zero-order valence-electron chi connectivity index (χ0n) is 11.0. The fraction of sp³-hybridized carbons (Fsp3) is 0.385. The van der Waals surface area contributed by atoms with Crippen LogP contribution in [-0.2, 0) is 9.59 Å². The fourth-order valence-electron chi connectivity index (χ4n) is 1.54. The Morgan fingerprint density at radius 1 is 1.19 bits per heavy atom. The van der Waals surface area contributed by atoms with Gasteiger partial charge in [0.1, 0.15) is 18.8 Å². The Hall–Kier alpha value is -2.25. The Balaban J connectivity index is 2.50. The van der Waals surface area contributed by atoms with E-state index >= 15 is 0 Å². The molecule has 0 aliphatic rings. The number of carbonyl (C=O) groups is 2. The molecule has 0 aliphatic carbocycles. The van der Waals surface area contributed by atoms with Crippen molar-refractivity contribution in [2.75, 3.05) is 19.7 Å². The van der Waals surface area contributed by atoms with Gasteiger partial charge in [0.25, 0.3) is 0 Å². The summed E-state index contributed by atoms with van der Waals surface area (Å²) in [7, 11) is 0. The molecule has 0 atom stereocenters. The predicted octanol–water partition coefficient (Wildman–Crippen LogP) is 1.93. The number of amides is 1. The highest BCUT2D eigenvalue weighted by atomic mass is 19.4. The van der Waals surface area contributed by atoms with Crippen LogP contribution in [0.2, 0.25) is 0 Å². The minimum Gasteiger partial charge on any atom is -0.493 e. The topological polar surface area (TPSA) is 66.8 Å². The van der Waals surface area contributed by atoms with Gasteiger partial charge in [-0.15, -0.1) is 0 Å². The highest BCUT2D eigenvalue weighted by Crippen LogP contribution is 2.17. The van der Waals surface area contributed by atoms with Crippen molar-refractivity contribution in [2.45, 2.75) is 12.6 Å². The SMILES string of the molecule is O=C(O)CN(CC(F)(F)F)C(=O)CCOc1ccccc1. The lowest BCUT2D eigenvalue weighted by Crippen LogP contribution is -2.42. The standard InChI is InChI=1S/C13H14F3NO4/c14-13(15,16)9-17(8-12(19)20)11(18)6-7-21-10-4-2-1-3-5-10/h1-5H,6-9H2,(H,19,20). The summed E-state index contributed by atoms with van der Waals surface area (Å²) in [5.74, 6) is -1.95. The molecule has 0 aliphatic heterocycles. The maximum absolute atomic E-state index is 12.3. The van der Waals surface area contributed by atoms with Gasteiger partial charge < -0.3 is 14.7 Å². The number of halogens is 3. The Labute approximate surface area is 118 Å². The van der Waals surface area contributed by atoms with E-state index in [4.69, 9.17) is 9.84 Å². The third-order valence-electron chi connectivity index (χ3n) is 2.38. The van der Waals surface area contributed by atoms with Crippen LogP contribution >= 0.6 is 0 Å². The van der Waals surface area contributed by atoms with Crippen LogP contribution in [0.5, 0.6) is 5.75 Å². The van der Waals surface area contributed by atoms with Crippen LogP contribution in [0.1, 0.15) is 6.42 Å². The lowest BCUT2D eigenvalue weighted by molar-refractivity contribution is -0.166. The number of carboxylic acids is 1. The number of rotatable bonds is 7. The molecular weight excluding hydrogens is 291 g/mol. The van der Waals surface area contributed by atoms with Crippen LogP contribution < -0.4 is 4.74 Å². The minimum atomic E-state index is -4.65. The first-order valence-electron chi connectivity index (χ1n) is 6.02. The van der Waals surface area contributed by atoms with Gasteiger partial charge in [-0.2, -0.15) is 13.2 Å². The van der Waals surface area contributed by atoms with Crippen LogP contribution in [0.15, 0.2) is 30.3 Å². The molecule has 0 radical (unpaired) electrons. The molecule has 21 heavy (non-hydrogen) atoms. The normalized spacial score (nSPS) is 11.0. The number of ether oxygens (including phenoxy) is 1. The maximum atomic E-state index is 12.3. The highest BCUT2D eigenvalue weighted by Gasteiger charge is 2.33. The molecule has 0 heterocycles. The van der Waals surface area contributed by atoms with Crippen molar-refractivity contribution in [3.05, 3.63) is 30.3 Å². The zero-order valence-corrected chi connectivity index (χ0v) is 11.0. The molecule has 0 unspecified atom stereocenters. The molecule has 5 nitrogen and oxygen atoms in total. The largest absolute Gasteiger partial charge is 0.493 e. The highest BCUT2D eigenvalue weighted by molar-refractivity contribution is 5.81. The first kappa shape index (κ1) is 16.8. The average Bonchev–Trinajstić information content (AvgIpc) is 2.37. The molecule has 1 aromatic rings.